The molecule has 0 aliphatic rings. The normalized spacial score (nSPS) is 11.1. The molecule has 17 heavy (non-hydrogen) atoms. The predicted octanol–water partition coefficient (Wildman–Crippen LogP) is 3.37. The number of nitrogens with two attached hydrogens (primary N) is 1. The van der Waals surface area contributed by atoms with Crippen LogP contribution in [-0.4, -0.2) is 9.78 Å². The molecule has 6 heteroatoms. The summed E-state index contributed by atoms with van der Waals surface area (Å²) in [6, 6.07) is 6.16. The molecule has 1 aromatic heterocycles. The molecule has 1 aromatic carbocycles. The summed E-state index contributed by atoms with van der Waals surface area (Å²) in [7, 11) is 1.67. The maximum atomic E-state index is 12.9. The lowest BCUT2D eigenvalue weighted by atomic mass is 10.1. The number of rotatable bonds is 2. The SMILES string of the molecule is Cn1nc(-c2cc(Br)ccc2C(F)F)cc1N. The van der Waals surface area contributed by atoms with Gasteiger partial charge in [0.2, 0.25) is 0 Å². The summed E-state index contributed by atoms with van der Waals surface area (Å²) in [6.45, 7) is 0. The number of benzene rings is 1. The van der Waals surface area contributed by atoms with Crippen molar-refractivity contribution in [3.63, 3.8) is 0 Å². The average molecular weight is 302 g/mol. The highest BCUT2D eigenvalue weighted by atomic mass is 79.9. The van der Waals surface area contributed by atoms with Crippen molar-refractivity contribution >= 4 is 21.7 Å². The number of hydrogen-bond acceptors (Lipinski definition) is 2. The third-order valence-electron chi connectivity index (χ3n) is 2.44. The molecule has 0 amide bonds. The van der Waals surface area contributed by atoms with E-state index in [0.29, 0.717) is 17.1 Å². The quantitative estimate of drug-likeness (QED) is 0.924. The van der Waals surface area contributed by atoms with Gasteiger partial charge in [0, 0.05) is 28.7 Å². The van der Waals surface area contributed by atoms with E-state index >= 15 is 0 Å². The number of alkyl halides is 2. The van der Waals surface area contributed by atoms with Gasteiger partial charge in [0.05, 0.1) is 5.69 Å². The van der Waals surface area contributed by atoms with Crippen molar-refractivity contribution in [3.05, 3.63) is 34.3 Å². The molecule has 0 atom stereocenters. The molecule has 0 unspecified atom stereocenters. The molecule has 0 saturated carbocycles. The molecule has 2 N–H and O–H groups in total. The van der Waals surface area contributed by atoms with Gasteiger partial charge in [-0.05, 0) is 12.1 Å². The van der Waals surface area contributed by atoms with Gasteiger partial charge in [-0.1, -0.05) is 22.0 Å². The minimum atomic E-state index is -2.54. The van der Waals surface area contributed by atoms with Crippen LogP contribution in [0.3, 0.4) is 0 Å². The van der Waals surface area contributed by atoms with Crippen molar-refractivity contribution in [3.8, 4) is 11.3 Å². The minimum Gasteiger partial charge on any atom is -0.384 e. The molecule has 0 aliphatic heterocycles. The van der Waals surface area contributed by atoms with Crippen molar-refractivity contribution in [1.29, 1.82) is 0 Å². The zero-order valence-corrected chi connectivity index (χ0v) is 10.6. The van der Waals surface area contributed by atoms with Crippen molar-refractivity contribution in [2.45, 2.75) is 6.43 Å². The van der Waals surface area contributed by atoms with Crippen LogP contribution in [0.4, 0.5) is 14.6 Å². The highest BCUT2D eigenvalue weighted by Crippen LogP contribution is 2.33. The second-order valence-electron chi connectivity index (χ2n) is 3.61. The van der Waals surface area contributed by atoms with Gasteiger partial charge < -0.3 is 5.73 Å². The molecular formula is C11H10BrF2N3. The monoisotopic (exact) mass is 301 g/mol. The van der Waals surface area contributed by atoms with Crippen molar-refractivity contribution < 1.29 is 8.78 Å². The summed E-state index contributed by atoms with van der Waals surface area (Å²) in [5, 5.41) is 4.10. The van der Waals surface area contributed by atoms with E-state index in [1.165, 1.54) is 10.7 Å². The van der Waals surface area contributed by atoms with Crippen LogP contribution in [0.2, 0.25) is 0 Å². The maximum absolute atomic E-state index is 12.9. The molecule has 0 bridgehead atoms. The smallest absolute Gasteiger partial charge is 0.264 e. The van der Waals surface area contributed by atoms with Gasteiger partial charge >= 0.3 is 0 Å². The molecule has 90 valence electrons. The Morgan fingerprint density at radius 2 is 2.06 bits per heavy atom. The number of nitrogen functional groups attached to an aromatic ring is 1. The molecular weight excluding hydrogens is 292 g/mol. The number of aryl methyl sites for hydroxylation is 1. The van der Waals surface area contributed by atoms with Gasteiger partial charge in [-0.3, -0.25) is 4.68 Å². The predicted molar refractivity (Wildman–Crippen MR) is 65.7 cm³/mol. The van der Waals surface area contributed by atoms with Gasteiger partial charge in [0.1, 0.15) is 5.82 Å². The zero-order valence-electron chi connectivity index (χ0n) is 8.99. The van der Waals surface area contributed by atoms with E-state index < -0.39 is 6.43 Å². The van der Waals surface area contributed by atoms with Gasteiger partial charge in [-0.2, -0.15) is 5.10 Å². The summed E-state index contributed by atoms with van der Waals surface area (Å²) in [4.78, 5) is 0. The van der Waals surface area contributed by atoms with Crippen molar-refractivity contribution in [1.82, 2.24) is 9.78 Å². The van der Waals surface area contributed by atoms with Gasteiger partial charge in [-0.15, -0.1) is 0 Å². The second kappa shape index (κ2) is 4.44. The number of anilines is 1. The van der Waals surface area contributed by atoms with Gasteiger partial charge in [-0.25, -0.2) is 8.78 Å². The number of aromatic nitrogens is 2. The molecule has 0 radical (unpaired) electrons. The van der Waals surface area contributed by atoms with Crippen LogP contribution in [0.25, 0.3) is 11.3 Å². The van der Waals surface area contributed by atoms with Crippen molar-refractivity contribution in [2.24, 2.45) is 7.05 Å². The van der Waals surface area contributed by atoms with Crippen LogP contribution in [-0.2, 0) is 7.05 Å². The molecule has 0 spiro atoms. The first-order valence-corrected chi connectivity index (χ1v) is 5.66. The molecule has 0 fully saturated rings. The molecule has 3 nitrogen and oxygen atoms in total. The molecule has 0 saturated heterocycles. The number of nitrogens with zero attached hydrogens (tertiary/aromatic N) is 2. The Labute approximate surface area is 105 Å². The Kier molecular flexibility index (Phi) is 3.15. The third kappa shape index (κ3) is 2.31. The minimum absolute atomic E-state index is 0.0497. The lowest BCUT2D eigenvalue weighted by molar-refractivity contribution is 0.152. The highest BCUT2D eigenvalue weighted by Gasteiger charge is 2.16. The first-order chi connectivity index (χ1) is 7.99. The van der Waals surface area contributed by atoms with Crippen LogP contribution < -0.4 is 5.73 Å². The van der Waals surface area contributed by atoms with E-state index in [4.69, 9.17) is 5.73 Å². The second-order valence-corrected chi connectivity index (χ2v) is 4.53. The lowest BCUT2D eigenvalue weighted by Gasteiger charge is -2.06. The first kappa shape index (κ1) is 12.0. The van der Waals surface area contributed by atoms with Crippen LogP contribution in [0.1, 0.15) is 12.0 Å². The standard InChI is InChI=1S/C11H10BrF2N3/c1-17-10(15)5-9(16-17)8-4-6(12)2-3-7(8)11(13)14/h2-5,11H,15H2,1H3. The summed E-state index contributed by atoms with van der Waals surface area (Å²) in [5.41, 5.74) is 6.43. The summed E-state index contributed by atoms with van der Waals surface area (Å²) in [5.74, 6) is 0.431. The fourth-order valence-corrected chi connectivity index (χ4v) is 1.92. The Bertz CT molecular complexity index is 532. The first-order valence-electron chi connectivity index (χ1n) is 4.86. The number of hydrogen-bond donors (Lipinski definition) is 1. The Morgan fingerprint density at radius 1 is 1.35 bits per heavy atom. The zero-order chi connectivity index (χ0) is 12.6. The van der Waals surface area contributed by atoms with Crippen LogP contribution in [0.15, 0.2) is 28.7 Å². The van der Waals surface area contributed by atoms with Crippen LogP contribution in [0, 0.1) is 0 Å². The van der Waals surface area contributed by atoms with E-state index in [0.717, 1.165) is 4.47 Å². The molecule has 2 rings (SSSR count). The van der Waals surface area contributed by atoms with E-state index in [9.17, 15) is 8.78 Å². The van der Waals surface area contributed by atoms with E-state index in [2.05, 4.69) is 21.0 Å². The lowest BCUT2D eigenvalue weighted by Crippen LogP contribution is -1.97. The Balaban J connectivity index is 2.60. The van der Waals surface area contributed by atoms with E-state index in [1.807, 2.05) is 0 Å². The Hall–Kier alpha value is -1.43. The largest absolute Gasteiger partial charge is 0.384 e. The maximum Gasteiger partial charge on any atom is 0.264 e. The fourth-order valence-electron chi connectivity index (χ4n) is 1.55. The summed E-state index contributed by atoms with van der Waals surface area (Å²) in [6.07, 6.45) is -2.54. The molecule has 0 aliphatic carbocycles. The summed E-state index contributed by atoms with van der Waals surface area (Å²) < 4.78 is 27.9. The Morgan fingerprint density at radius 3 is 2.59 bits per heavy atom. The van der Waals surface area contributed by atoms with E-state index in [-0.39, 0.29) is 5.56 Å². The average Bonchev–Trinajstić information content (AvgIpc) is 2.58. The highest BCUT2D eigenvalue weighted by molar-refractivity contribution is 9.10. The topological polar surface area (TPSA) is 43.8 Å². The molecule has 1 heterocycles. The third-order valence-corrected chi connectivity index (χ3v) is 2.94. The van der Waals surface area contributed by atoms with Gasteiger partial charge in [0.15, 0.2) is 0 Å². The fraction of sp³-hybridized carbons (Fsp3) is 0.182. The van der Waals surface area contributed by atoms with Crippen LogP contribution in [0.5, 0.6) is 0 Å². The van der Waals surface area contributed by atoms with Crippen molar-refractivity contribution in [2.75, 3.05) is 5.73 Å². The van der Waals surface area contributed by atoms with Crippen LogP contribution >= 0.6 is 15.9 Å². The van der Waals surface area contributed by atoms with Gasteiger partial charge in [0.25, 0.3) is 6.43 Å². The van der Waals surface area contributed by atoms with E-state index in [1.54, 1.807) is 25.2 Å². The number of halogens is 3. The molecule has 2 aromatic rings. The summed E-state index contributed by atoms with van der Waals surface area (Å²) >= 11 is 3.26.